The zero-order chi connectivity index (χ0) is 17.8. The summed E-state index contributed by atoms with van der Waals surface area (Å²) >= 11 is 0. The molecule has 0 saturated carbocycles. The molecule has 1 unspecified atom stereocenters. The summed E-state index contributed by atoms with van der Waals surface area (Å²) in [6, 6.07) is 7.71. The van der Waals surface area contributed by atoms with E-state index in [4.69, 9.17) is 14.0 Å². The van der Waals surface area contributed by atoms with E-state index >= 15 is 0 Å². The third kappa shape index (κ3) is 4.23. The lowest BCUT2D eigenvalue weighted by molar-refractivity contribution is 0.0468. The molecular weight excluding hydrogens is 332 g/mol. The van der Waals surface area contributed by atoms with Crippen LogP contribution in [0, 0.1) is 0 Å². The van der Waals surface area contributed by atoms with E-state index in [0.29, 0.717) is 24.4 Å². The minimum atomic E-state index is 0.433. The average Bonchev–Trinajstić information content (AvgIpc) is 3.35. The molecular formula is C19H26N4O3. The summed E-state index contributed by atoms with van der Waals surface area (Å²) in [5.41, 5.74) is 0.903. The van der Waals surface area contributed by atoms with Crippen LogP contribution in [0.4, 0.5) is 0 Å². The molecule has 7 heteroatoms. The monoisotopic (exact) mass is 358 g/mol. The van der Waals surface area contributed by atoms with Crippen LogP contribution in [-0.2, 0) is 11.3 Å². The molecule has 0 radical (unpaired) electrons. The molecule has 2 aliphatic rings. The molecule has 26 heavy (non-hydrogen) atoms. The third-order valence-corrected chi connectivity index (χ3v) is 5.11. The van der Waals surface area contributed by atoms with Crippen molar-refractivity contribution in [2.24, 2.45) is 0 Å². The summed E-state index contributed by atoms with van der Waals surface area (Å²) in [5, 5.41) is 4.12. The quantitative estimate of drug-likeness (QED) is 0.783. The molecule has 1 atom stereocenters. The molecule has 140 valence electrons. The first-order valence-corrected chi connectivity index (χ1v) is 9.33. The molecule has 0 spiro atoms. The Hall–Kier alpha value is -1.96. The standard InChI is InChI=1S/C19H26N4O3/c1-24-16-5-2-4-15(12-16)19-20-18(26-21-19)14-23-9-7-22(8-10-23)13-17-6-3-11-25-17/h2,4-5,12,17H,3,6-11,13-14H2,1H3. The summed E-state index contributed by atoms with van der Waals surface area (Å²) in [7, 11) is 1.65. The molecule has 2 aliphatic heterocycles. The van der Waals surface area contributed by atoms with Crippen LogP contribution in [0.3, 0.4) is 0 Å². The molecule has 0 N–H and O–H groups in total. The fourth-order valence-electron chi connectivity index (χ4n) is 3.60. The average molecular weight is 358 g/mol. The summed E-state index contributed by atoms with van der Waals surface area (Å²) in [4.78, 5) is 9.42. The van der Waals surface area contributed by atoms with E-state index in [0.717, 1.165) is 50.6 Å². The maximum Gasteiger partial charge on any atom is 0.241 e. The summed E-state index contributed by atoms with van der Waals surface area (Å²) in [6.07, 6.45) is 2.84. The van der Waals surface area contributed by atoms with Crippen molar-refractivity contribution >= 4 is 0 Å². The van der Waals surface area contributed by atoms with Gasteiger partial charge in [0.1, 0.15) is 5.75 Å². The fourth-order valence-corrected chi connectivity index (χ4v) is 3.60. The molecule has 4 rings (SSSR count). The lowest BCUT2D eigenvalue weighted by atomic mass is 10.2. The maximum absolute atomic E-state index is 5.74. The van der Waals surface area contributed by atoms with E-state index in [2.05, 4.69) is 19.9 Å². The van der Waals surface area contributed by atoms with Crippen molar-refractivity contribution in [2.45, 2.75) is 25.5 Å². The van der Waals surface area contributed by atoms with E-state index in [1.54, 1.807) is 7.11 Å². The van der Waals surface area contributed by atoms with E-state index in [1.165, 1.54) is 12.8 Å². The van der Waals surface area contributed by atoms with Crippen LogP contribution in [0.25, 0.3) is 11.4 Å². The van der Waals surface area contributed by atoms with Gasteiger partial charge in [0.25, 0.3) is 0 Å². The van der Waals surface area contributed by atoms with Crippen LogP contribution in [0.2, 0.25) is 0 Å². The van der Waals surface area contributed by atoms with Gasteiger partial charge in [-0.25, -0.2) is 0 Å². The second-order valence-corrected chi connectivity index (χ2v) is 6.96. The zero-order valence-electron chi connectivity index (χ0n) is 15.3. The Morgan fingerprint density at radius 3 is 2.81 bits per heavy atom. The number of hydrogen-bond donors (Lipinski definition) is 0. The topological polar surface area (TPSA) is 63.9 Å². The van der Waals surface area contributed by atoms with Crippen molar-refractivity contribution in [2.75, 3.05) is 46.4 Å². The fraction of sp³-hybridized carbons (Fsp3) is 0.579. The molecule has 2 aromatic rings. The molecule has 3 heterocycles. The molecule has 0 aliphatic carbocycles. The van der Waals surface area contributed by atoms with Crippen LogP contribution >= 0.6 is 0 Å². The first-order chi connectivity index (χ1) is 12.8. The number of hydrogen-bond acceptors (Lipinski definition) is 7. The highest BCUT2D eigenvalue weighted by Crippen LogP contribution is 2.22. The van der Waals surface area contributed by atoms with Gasteiger partial charge in [-0.05, 0) is 25.0 Å². The van der Waals surface area contributed by atoms with Gasteiger partial charge in [-0.1, -0.05) is 17.3 Å². The van der Waals surface area contributed by atoms with E-state index in [9.17, 15) is 0 Å². The molecule has 7 nitrogen and oxygen atoms in total. The van der Waals surface area contributed by atoms with Crippen LogP contribution in [0.1, 0.15) is 18.7 Å². The number of rotatable bonds is 6. The van der Waals surface area contributed by atoms with Crippen LogP contribution in [0.15, 0.2) is 28.8 Å². The van der Waals surface area contributed by atoms with Crippen molar-refractivity contribution in [3.05, 3.63) is 30.2 Å². The van der Waals surface area contributed by atoms with Crippen molar-refractivity contribution in [1.29, 1.82) is 0 Å². The number of ether oxygens (including phenoxy) is 2. The van der Waals surface area contributed by atoms with Crippen molar-refractivity contribution in [3.8, 4) is 17.1 Å². The van der Waals surface area contributed by atoms with Crippen LogP contribution in [-0.4, -0.2) is 72.5 Å². The largest absolute Gasteiger partial charge is 0.497 e. The first kappa shape index (κ1) is 17.5. The predicted octanol–water partition coefficient (Wildman–Crippen LogP) is 2.04. The molecule has 0 amide bonds. The van der Waals surface area contributed by atoms with Gasteiger partial charge < -0.3 is 14.0 Å². The number of nitrogens with zero attached hydrogens (tertiary/aromatic N) is 4. The molecule has 1 aromatic heterocycles. The zero-order valence-corrected chi connectivity index (χ0v) is 15.3. The van der Waals surface area contributed by atoms with Gasteiger partial charge in [0.2, 0.25) is 11.7 Å². The van der Waals surface area contributed by atoms with Gasteiger partial charge in [0.05, 0.1) is 19.8 Å². The van der Waals surface area contributed by atoms with Gasteiger partial charge in [0, 0.05) is 44.9 Å². The maximum atomic E-state index is 5.74. The predicted molar refractivity (Wildman–Crippen MR) is 97.0 cm³/mol. The number of piperazine rings is 1. The minimum Gasteiger partial charge on any atom is -0.497 e. The Labute approximate surface area is 153 Å². The third-order valence-electron chi connectivity index (χ3n) is 5.11. The first-order valence-electron chi connectivity index (χ1n) is 9.33. The SMILES string of the molecule is COc1cccc(-c2noc(CN3CCN(CC4CCCO4)CC3)n2)c1. The summed E-state index contributed by atoms with van der Waals surface area (Å²) in [6.45, 7) is 6.86. The molecule has 1 aromatic carbocycles. The second-order valence-electron chi connectivity index (χ2n) is 6.96. The van der Waals surface area contributed by atoms with E-state index < -0.39 is 0 Å². The highest BCUT2D eigenvalue weighted by atomic mass is 16.5. The molecule has 2 saturated heterocycles. The second kappa shape index (κ2) is 8.16. The number of aromatic nitrogens is 2. The molecule has 0 bridgehead atoms. The van der Waals surface area contributed by atoms with E-state index in [-0.39, 0.29) is 0 Å². The lowest BCUT2D eigenvalue weighted by Gasteiger charge is -2.34. The van der Waals surface area contributed by atoms with Gasteiger partial charge in [-0.2, -0.15) is 4.98 Å². The summed E-state index contributed by atoms with van der Waals surface area (Å²) < 4.78 is 16.4. The van der Waals surface area contributed by atoms with Crippen molar-refractivity contribution in [3.63, 3.8) is 0 Å². The van der Waals surface area contributed by atoms with Gasteiger partial charge in [-0.3, -0.25) is 9.80 Å². The van der Waals surface area contributed by atoms with Crippen LogP contribution < -0.4 is 4.74 Å². The van der Waals surface area contributed by atoms with Gasteiger partial charge in [0.15, 0.2) is 0 Å². The van der Waals surface area contributed by atoms with Crippen molar-refractivity contribution < 1.29 is 14.0 Å². The molecule has 2 fully saturated rings. The Morgan fingerprint density at radius 1 is 1.19 bits per heavy atom. The Kier molecular flexibility index (Phi) is 5.48. The Bertz CT molecular complexity index is 706. The van der Waals surface area contributed by atoms with Crippen molar-refractivity contribution in [1.82, 2.24) is 19.9 Å². The van der Waals surface area contributed by atoms with Crippen LogP contribution in [0.5, 0.6) is 5.75 Å². The highest BCUT2D eigenvalue weighted by molar-refractivity contribution is 5.56. The lowest BCUT2D eigenvalue weighted by Crippen LogP contribution is -2.48. The van der Waals surface area contributed by atoms with E-state index in [1.807, 2.05) is 24.3 Å². The summed E-state index contributed by atoms with van der Waals surface area (Å²) in [5.74, 6) is 2.06. The minimum absolute atomic E-state index is 0.433. The van der Waals surface area contributed by atoms with Gasteiger partial charge >= 0.3 is 0 Å². The van der Waals surface area contributed by atoms with Gasteiger partial charge in [-0.15, -0.1) is 0 Å². The Morgan fingerprint density at radius 2 is 2.04 bits per heavy atom. The highest BCUT2D eigenvalue weighted by Gasteiger charge is 2.23. The Balaban J connectivity index is 1.29. The smallest absolute Gasteiger partial charge is 0.241 e. The number of methoxy groups -OCH3 is 1. The number of benzene rings is 1. The normalized spacial score (nSPS) is 22.0.